The molecule has 78 heavy (non-hydrogen) atoms. The molecular formula is C49H40F6N10Na2O11. The minimum Gasteiger partial charge on any atom is -0.548 e. The van der Waals surface area contributed by atoms with Crippen LogP contribution in [0, 0.1) is 0 Å². The maximum atomic E-state index is 14.1. The molecule has 0 saturated carbocycles. The van der Waals surface area contributed by atoms with E-state index >= 15 is 0 Å². The molecule has 8 amide bonds. The quantitative estimate of drug-likeness (QED) is 0.0340. The SMILES string of the molecule is Cn1cc(NC(=O)c2cc(NC(=O)Nc3cc(C(=O)Nc4cc(C(=O)Nc5cccc(CC(=O)NCC(=O)[O-])c5)n(C)c4)cc(C(F)(F)F)c3)cc(C(F)(F)F)c2)cc1C(=O)Nc1cccc(CC(=O)NCC(=O)[O-])c1.[Na+].[Na+]. The first kappa shape index (κ1) is 62.6. The zero-order chi connectivity index (χ0) is 55.6. The molecule has 2 heterocycles. The first-order valence-corrected chi connectivity index (χ1v) is 21.9. The van der Waals surface area contributed by atoms with Crippen molar-refractivity contribution in [3.63, 3.8) is 0 Å². The molecule has 0 unspecified atom stereocenters. The van der Waals surface area contributed by atoms with Crippen LogP contribution in [0.1, 0.15) is 63.9 Å². The fourth-order valence-corrected chi connectivity index (χ4v) is 7.15. The van der Waals surface area contributed by atoms with Crippen molar-refractivity contribution in [2.45, 2.75) is 25.2 Å². The summed E-state index contributed by atoms with van der Waals surface area (Å²) >= 11 is 0. The van der Waals surface area contributed by atoms with E-state index in [1.807, 2.05) is 10.6 Å². The molecule has 2 aromatic heterocycles. The van der Waals surface area contributed by atoms with Crippen molar-refractivity contribution < 1.29 is 139 Å². The summed E-state index contributed by atoms with van der Waals surface area (Å²) < 4.78 is 87.3. The van der Waals surface area contributed by atoms with Gasteiger partial charge in [0, 0.05) is 60.4 Å². The molecule has 6 aromatic rings. The maximum absolute atomic E-state index is 14.1. The largest absolute Gasteiger partial charge is 1.00 e. The number of aryl methyl sites for hydroxylation is 2. The normalized spacial score (nSPS) is 10.9. The van der Waals surface area contributed by atoms with Gasteiger partial charge in [0.15, 0.2) is 0 Å². The minimum atomic E-state index is -5.09. The third-order valence-electron chi connectivity index (χ3n) is 10.5. The molecule has 8 N–H and O–H groups in total. The molecule has 0 radical (unpaired) electrons. The molecule has 0 bridgehead atoms. The molecule has 21 nitrogen and oxygen atoms in total. The minimum absolute atomic E-state index is 0. The Labute approximate surface area is 481 Å². The number of carbonyl (C=O) groups is 9. The summed E-state index contributed by atoms with van der Waals surface area (Å²) in [7, 11) is 2.83. The van der Waals surface area contributed by atoms with Gasteiger partial charge in [-0.3, -0.25) is 28.8 Å². The molecule has 0 saturated heterocycles. The van der Waals surface area contributed by atoms with Gasteiger partial charge < -0.3 is 71.5 Å². The summed E-state index contributed by atoms with van der Waals surface area (Å²) in [6, 6.07) is 16.4. The number of alkyl halides is 6. The van der Waals surface area contributed by atoms with Gasteiger partial charge in [-0.05, 0) is 83.9 Å². The van der Waals surface area contributed by atoms with Gasteiger partial charge in [0.05, 0.1) is 60.4 Å². The van der Waals surface area contributed by atoms with Gasteiger partial charge in [-0.25, -0.2) is 4.79 Å². The van der Waals surface area contributed by atoms with Crippen LogP contribution in [0.2, 0.25) is 0 Å². The Morgan fingerprint density at radius 2 is 0.808 bits per heavy atom. The Hall–Kier alpha value is -7.95. The Morgan fingerprint density at radius 1 is 0.449 bits per heavy atom. The Kier molecular flexibility index (Phi) is 21.6. The zero-order valence-corrected chi connectivity index (χ0v) is 45.4. The number of halogens is 6. The molecule has 396 valence electrons. The number of anilines is 6. The second-order valence-electron chi connectivity index (χ2n) is 16.5. The zero-order valence-electron chi connectivity index (χ0n) is 41.4. The summed E-state index contributed by atoms with van der Waals surface area (Å²) in [5, 5.41) is 39.5. The van der Waals surface area contributed by atoms with Crippen molar-refractivity contribution in [3.05, 3.63) is 154 Å². The predicted octanol–water partition coefficient (Wildman–Crippen LogP) is -2.12. The smallest absolute Gasteiger partial charge is 0.548 e. The van der Waals surface area contributed by atoms with Crippen molar-refractivity contribution >= 4 is 87.5 Å². The number of benzene rings is 4. The van der Waals surface area contributed by atoms with Gasteiger partial charge in [0.1, 0.15) is 11.4 Å². The molecule has 0 aliphatic heterocycles. The number of carboxylic acids is 2. The van der Waals surface area contributed by atoms with Crippen molar-refractivity contribution in [1.82, 2.24) is 19.8 Å². The molecule has 0 aliphatic carbocycles. The first-order valence-electron chi connectivity index (χ1n) is 21.9. The summed E-state index contributed by atoms with van der Waals surface area (Å²) in [6.45, 7) is -1.41. The average molecular weight is 1100 g/mol. The van der Waals surface area contributed by atoms with E-state index in [1.54, 1.807) is 12.1 Å². The van der Waals surface area contributed by atoms with Crippen molar-refractivity contribution in [2.75, 3.05) is 45.0 Å². The fraction of sp³-hybridized carbons (Fsp3) is 0.163. The molecular weight excluding hydrogens is 1060 g/mol. The Bertz CT molecular complexity index is 3090. The van der Waals surface area contributed by atoms with Crippen LogP contribution in [-0.2, 0) is 58.5 Å². The van der Waals surface area contributed by atoms with Gasteiger partial charge in [-0.2, -0.15) is 26.3 Å². The van der Waals surface area contributed by atoms with Crippen molar-refractivity contribution in [3.8, 4) is 0 Å². The van der Waals surface area contributed by atoms with E-state index in [9.17, 15) is 79.7 Å². The Morgan fingerprint density at radius 3 is 1.15 bits per heavy atom. The second kappa shape index (κ2) is 26.9. The van der Waals surface area contributed by atoms with Crippen LogP contribution in [-0.4, -0.2) is 75.6 Å². The van der Waals surface area contributed by atoms with Gasteiger partial charge in [-0.15, -0.1) is 0 Å². The topological polar surface area (TPSA) is 306 Å². The van der Waals surface area contributed by atoms with Crippen LogP contribution >= 0.6 is 0 Å². The number of hydrogen-bond donors (Lipinski definition) is 8. The third-order valence-corrected chi connectivity index (χ3v) is 10.5. The number of rotatable bonds is 18. The second-order valence-corrected chi connectivity index (χ2v) is 16.5. The first-order chi connectivity index (χ1) is 35.7. The van der Waals surface area contributed by atoms with E-state index in [4.69, 9.17) is 0 Å². The van der Waals surface area contributed by atoms with Gasteiger partial charge >= 0.3 is 77.5 Å². The summed E-state index contributed by atoms with van der Waals surface area (Å²) in [4.78, 5) is 112. The average Bonchev–Trinajstić information content (AvgIpc) is 3.89. The molecule has 6 rings (SSSR count). The van der Waals surface area contributed by atoms with Crippen LogP contribution in [0.15, 0.2) is 109 Å². The van der Waals surface area contributed by atoms with E-state index in [2.05, 4.69) is 31.9 Å². The maximum Gasteiger partial charge on any atom is 1.00 e. The van der Waals surface area contributed by atoms with Gasteiger partial charge in [0.25, 0.3) is 23.6 Å². The van der Waals surface area contributed by atoms with Crippen molar-refractivity contribution in [1.29, 1.82) is 0 Å². The number of aromatic nitrogens is 2. The number of aliphatic carboxylic acids is 2. The number of urea groups is 1. The summed E-state index contributed by atoms with van der Waals surface area (Å²) in [5.74, 6) is -7.99. The molecule has 4 aromatic carbocycles. The van der Waals surface area contributed by atoms with Crippen LogP contribution in [0.5, 0.6) is 0 Å². The van der Waals surface area contributed by atoms with E-state index < -0.39 is 112 Å². The fourth-order valence-electron chi connectivity index (χ4n) is 7.15. The number of hydrogen-bond acceptors (Lipinski definition) is 11. The molecule has 29 heteroatoms. The van der Waals surface area contributed by atoms with E-state index in [0.29, 0.717) is 35.4 Å². The van der Waals surface area contributed by atoms with Crippen LogP contribution < -0.4 is 112 Å². The Balaban J connectivity index is 0.00000656. The molecule has 0 atom stereocenters. The molecule has 0 aliphatic rings. The van der Waals surface area contributed by atoms with E-state index in [0.717, 1.165) is 12.1 Å². The standard InChI is InChI=1S/C49H42F6N10O11.2Na/c1-64-23-35(19-37(64)45(74)58-31-7-3-5-25(9-31)11-39(66)56-21-41(68)69)60-43(72)27-13-29(48(50,51)52)17-33(15-27)62-47(76)63-34-16-28(14-30(18-34)49(53,54)55)44(73)61-36-20-38(65(2)24-36)46(75)59-32-8-4-6-26(10-32)12-40(67)57-22-42(70)71;;/h3-10,13-20,23-24H,11-12,21-22H2,1-2H3,(H,56,66)(H,57,67)(H,58,74)(H,59,75)(H,60,72)(H,61,73)(H,68,69)(H,70,71)(H2,62,63,76);;/q;2*+1/p-2. The molecule has 0 fully saturated rings. The van der Waals surface area contributed by atoms with E-state index in [-0.39, 0.29) is 106 Å². The summed E-state index contributed by atoms with van der Waals surface area (Å²) in [6.07, 6.45) is -8.14. The van der Waals surface area contributed by atoms with E-state index in [1.165, 1.54) is 84.2 Å². The summed E-state index contributed by atoms with van der Waals surface area (Å²) in [5.41, 5.74) is -4.45. The van der Waals surface area contributed by atoms with Gasteiger partial charge in [0.2, 0.25) is 11.8 Å². The number of nitrogens with one attached hydrogen (secondary N) is 8. The van der Waals surface area contributed by atoms with Crippen molar-refractivity contribution in [2.24, 2.45) is 14.1 Å². The monoisotopic (exact) mass is 1100 g/mol. The number of nitrogens with zero attached hydrogens (tertiary/aromatic N) is 2. The number of carbonyl (C=O) groups excluding carboxylic acids is 9. The third kappa shape index (κ3) is 18.1. The van der Waals surface area contributed by atoms with Crippen LogP contribution in [0.25, 0.3) is 0 Å². The number of carboxylic acid groups (broad SMARTS) is 2. The van der Waals surface area contributed by atoms with Crippen LogP contribution in [0.4, 0.5) is 65.3 Å². The number of amides is 8. The molecule has 0 spiro atoms. The van der Waals surface area contributed by atoms with Gasteiger partial charge in [-0.1, -0.05) is 24.3 Å². The van der Waals surface area contributed by atoms with Crippen LogP contribution in [0.3, 0.4) is 0 Å². The predicted molar refractivity (Wildman–Crippen MR) is 254 cm³/mol.